The van der Waals surface area contributed by atoms with Crippen molar-refractivity contribution in [2.45, 2.75) is 321 Å². The number of phosphoric acid groups is 1. The Morgan fingerprint density at radius 2 is 0.743 bits per heavy atom. The normalized spacial score (nSPS) is 13.4. The maximum Gasteiger partial charge on any atom is 0.472 e. The van der Waals surface area contributed by atoms with Crippen molar-refractivity contribution in [1.82, 2.24) is 5.32 Å². The van der Waals surface area contributed by atoms with Crippen LogP contribution in [0.4, 0.5) is 0 Å². The zero-order valence-electron chi connectivity index (χ0n) is 45.6. The van der Waals surface area contributed by atoms with Crippen LogP contribution >= 0.6 is 7.82 Å². The summed E-state index contributed by atoms with van der Waals surface area (Å²) in [6, 6.07) is -1.54. The van der Waals surface area contributed by atoms with Gasteiger partial charge in [-0.25, -0.2) is 9.36 Å². The van der Waals surface area contributed by atoms with Crippen LogP contribution in [0.25, 0.3) is 0 Å². The number of hydrogen-bond acceptors (Lipinski definition) is 8. The zero-order chi connectivity index (χ0) is 51.3. The fraction of sp³-hybridized carbons (Fsp3) is 0.914. The molecule has 0 radical (unpaired) electrons. The van der Waals surface area contributed by atoms with Crippen molar-refractivity contribution in [2.24, 2.45) is 0 Å². The van der Waals surface area contributed by atoms with Crippen LogP contribution in [0, 0.1) is 0 Å². The highest BCUT2D eigenvalue weighted by molar-refractivity contribution is 7.47. The van der Waals surface area contributed by atoms with Crippen molar-refractivity contribution in [1.29, 1.82) is 0 Å². The SMILES string of the molecule is CCCCCCCC/C=C/CCCCCCCCCCCCCCCC(=O)NC(COP(=O)(O)OCC(O)COC(=O)CCCCCCCCCCCCCCCCCCCCCCCCC)C(=O)O. The smallest absolute Gasteiger partial charge is 0.472 e. The van der Waals surface area contributed by atoms with E-state index in [4.69, 9.17) is 13.8 Å². The Morgan fingerprint density at radius 3 is 1.09 bits per heavy atom. The van der Waals surface area contributed by atoms with E-state index in [1.165, 1.54) is 231 Å². The highest BCUT2D eigenvalue weighted by Crippen LogP contribution is 2.43. The number of hydrogen-bond donors (Lipinski definition) is 4. The van der Waals surface area contributed by atoms with E-state index >= 15 is 0 Å². The van der Waals surface area contributed by atoms with E-state index < -0.39 is 57.6 Å². The van der Waals surface area contributed by atoms with Gasteiger partial charge in [-0.15, -0.1) is 0 Å². The van der Waals surface area contributed by atoms with E-state index in [0.29, 0.717) is 12.8 Å². The van der Waals surface area contributed by atoms with Crippen LogP contribution in [0.5, 0.6) is 0 Å². The van der Waals surface area contributed by atoms with E-state index in [0.717, 1.165) is 38.5 Å². The maximum atomic E-state index is 12.4. The Labute approximate surface area is 430 Å². The number of carbonyl (C=O) groups excluding carboxylic acids is 2. The fourth-order valence-corrected chi connectivity index (χ4v) is 9.73. The monoisotopic (exact) mass is 1010 g/mol. The number of rotatable bonds is 57. The summed E-state index contributed by atoms with van der Waals surface area (Å²) in [5.41, 5.74) is 0. The van der Waals surface area contributed by atoms with Gasteiger partial charge < -0.3 is 25.2 Å². The van der Waals surface area contributed by atoms with Crippen LogP contribution in [0.3, 0.4) is 0 Å². The molecule has 0 aromatic rings. The molecular weight excluding hydrogens is 902 g/mol. The third-order valence-electron chi connectivity index (χ3n) is 13.6. The van der Waals surface area contributed by atoms with Crippen LogP contribution in [0.2, 0.25) is 0 Å². The van der Waals surface area contributed by atoms with Gasteiger partial charge in [0, 0.05) is 12.8 Å². The summed E-state index contributed by atoms with van der Waals surface area (Å²) in [5, 5.41) is 22.0. The quantitative estimate of drug-likeness (QED) is 0.0199. The minimum absolute atomic E-state index is 0.150. The van der Waals surface area contributed by atoms with Gasteiger partial charge in [0.05, 0.1) is 13.2 Å². The summed E-state index contributed by atoms with van der Waals surface area (Å²) in [4.78, 5) is 46.3. The van der Waals surface area contributed by atoms with E-state index in [-0.39, 0.29) is 12.8 Å². The number of allylic oxidation sites excluding steroid dienone is 2. The zero-order valence-corrected chi connectivity index (χ0v) is 46.5. The summed E-state index contributed by atoms with van der Waals surface area (Å²) >= 11 is 0. The van der Waals surface area contributed by atoms with E-state index in [1.807, 2.05) is 0 Å². The van der Waals surface area contributed by atoms with Gasteiger partial charge in [-0.3, -0.25) is 18.6 Å². The van der Waals surface area contributed by atoms with Gasteiger partial charge in [0.2, 0.25) is 5.91 Å². The topological polar surface area (TPSA) is 169 Å². The molecule has 0 aliphatic heterocycles. The highest BCUT2D eigenvalue weighted by atomic mass is 31.2. The van der Waals surface area contributed by atoms with E-state index in [1.54, 1.807) is 0 Å². The van der Waals surface area contributed by atoms with Crippen molar-refractivity contribution in [3.63, 3.8) is 0 Å². The molecular formula is C58H112NO10P. The van der Waals surface area contributed by atoms with Gasteiger partial charge in [0.15, 0.2) is 6.04 Å². The van der Waals surface area contributed by atoms with Gasteiger partial charge in [-0.2, -0.15) is 0 Å². The molecule has 11 nitrogen and oxygen atoms in total. The molecule has 3 atom stereocenters. The van der Waals surface area contributed by atoms with Gasteiger partial charge in [-0.05, 0) is 38.5 Å². The number of unbranched alkanes of at least 4 members (excludes halogenated alkanes) is 41. The van der Waals surface area contributed by atoms with Crippen LogP contribution < -0.4 is 5.32 Å². The minimum Gasteiger partial charge on any atom is -0.480 e. The summed E-state index contributed by atoms with van der Waals surface area (Å²) in [5.74, 6) is -2.35. The lowest BCUT2D eigenvalue weighted by Crippen LogP contribution is -2.43. The summed E-state index contributed by atoms with van der Waals surface area (Å²) in [6.45, 7) is 2.67. The largest absolute Gasteiger partial charge is 0.480 e. The number of esters is 1. The van der Waals surface area contributed by atoms with Crippen molar-refractivity contribution in [2.75, 3.05) is 19.8 Å². The molecule has 0 fully saturated rings. The molecule has 0 rings (SSSR count). The average molecular weight is 1010 g/mol. The van der Waals surface area contributed by atoms with Crippen LogP contribution in [-0.4, -0.2) is 64.9 Å². The first-order chi connectivity index (χ1) is 34.1. The maximum absolute atomic E-state index is 12.4. The number of ether oxygens (including phenoxy) is 1. The first-order valence-corrected chi connectivity index (χ1v) is 31.2. The third-order valence-corrected chi connectivity index (χ3v) is 14.5. The lowest BCUT2D eigenvalue weighted by molar-refractivity contribution is -0.147. The molecule has 70 heavy (non-hydrogen) atoms. The number of aliphatic hydroxyl groups excluding tert-OH is 1. The number of carboxylic acids is 1. The second kappa shape index (κ2) is 53.5. The molecule has 4 N–H and O–H groups in total. The Balaban J connectivity index is 3.72. The molecule has 0 spiro atoms. The molecule has 0 aliphatic carbocycles. The first-order valence-electron chi connectivity index (χ1n) is 29.7. The first kappa shape index (κ1) is 68.2. The molecule has 3 unspecified atom stereocenters. The average Bonchev–Trinajstić information content (AvgIpc) is 3.34. The number of nitrogens with one attached hydrogen (secondary N) is 1. The Bertz CT molecular complexity index is 1230. The van der Waals surface area contributed by atoms with Gasteiger partial charge in [0.25, 0.3) is 0 Å². The standard InChI is InChI=1S/C58H112NO10P/c1-3-5-7-9-11-13-15-17-19-21-23-25-27-29-31-33-35-37-39-41-43-45-47-49-56(61)59-55(58(63)64)53-69-70(65,66)68-52-54(60)51-67-57(62)50-48-46-44-42-40-38-36-34-32-30-28-26-24-22-20-18-16-14-12-10-8-6-4-2/h17,19,54-55,60H,3-16,18,20-53H2,1-2H3,(H,59,61)(H,63,64)(H,65,66)/b19-17+. The van der Waals surface area contributed by atoms with E-state index in [9.17, 15) is 34.1 Å². The van der Waals surface area contributed by atoms with Gasteiger partial charge >= 0.3 is 19.8 Å². The Kier molecular flexibility index (Phi) is 52.1. The van der Waals surface area contributed by atoms with Gasteiger partial charge in [-0.1, -0.05) is 270 Å². The van der Waals surface area contributed by atoms with E-state index in [2.05, 4.69) is 31.3 Å². The molecule has 0 bridgehead atoms. The van der Waals surface area contributed by atoms with Crippen LogP contribution in [0.15, 0.2) is 12.2 Å². The predicted octanol–water partition coefficient (Wildman–Crippen LogP) is 17.1. The predicted molar refractivity (Wildman–Crippen MR) is 291 cm³/mol. The molecule has 1 amide bonds. The number of amides is 1. The second-order valence-electron chi connectivity index (χ2n) is 20.5. The Hall–Kier alpha value is -1.78. The molecule has 0 heterocycles. The van der Waals surface area contributed by atoms with Crippen LogP contribution in [0.1, 0.15) is 309 Å². The van der Waals surface area contributed by atoms with Gasteiger partial charge in [0.1, 0.15) is 12.7 Å². The third kappa shape index (κ3) is 52.5. The number of phosphoric ester groups is 1. The number of carboxylic acid groups (broad SMARTS) is 1. The molecule has 0 saturated heterocycles. The van der Waals surface area contributed by atoms with Crippen molar-refractivity contribution >= 4 is 25.7 Å². The lowest BCUT2D eigenvalue weighted by atomic mass is 10.0. The molecule has 0 aromatic carbocycles. The lowest BCUT2D eigenvalue weighted by Gasteiger charge is -2.18. The van der Waals surface area contributed by atoms with Crippen LogP contribution in [-0.2, 0) is 32.7 Å². The van der Waals surface area contributed by atoms with Crippen molar-refractivity contribution < 1.29 is 47.8 Å². The van der Waals surface area contributed by atoms with Crippen molar-refractivity contribution in [3.05, 3.63) is 12.2 Å². The highest BCUT2D eigenvalue weighted by Gasteiger charge is 2.28. The number of carbonyl (C=O) groups is 3. The Morgan fingerprint density at radius 1 is 0.443 bits per heavy atom. The number of aliphatic hydroxyl groups is 1. The number of aliphatic carboxylic acids is 1. The molecule has 0 saturated carbocycles. The molecule has 0 aliphatic rings. The second-order valence-corrected chi connectivity index (χ2v) is 22.0. The molecule has 414 valence electrons. The minimum atomic E-state index is -4.76. The summed E-state index contributed by atoms with van der Waals surface area (Å²) < 4.78 is 27.1. The summed E-state index contributed by atoms with van der Waals surface area (Å²) in [6.07, 6.45) is 59.6. The van der Waals surface area contributed by atoms with Crippen molar-refractivity contribution in [3.8, 4) is 0 Å². The molecule has 0 aromatic heterocycles. The summed E-state index contributed by atoms with van der Waals surface area (Å²) in [7, 11) is -4.76. The fourth-order valence-electron chi connectivity index (χ4n) is 8.96. The molecule has 12 heteroatoms.